The molecule has 3 nitrogen and oxygen atoms in total. The molecule has 1 aromatic heterocycles. The van der Waals surface area contributed by atoms with Crippen LogP contribution < -0.4 is 5.32 Å². The van der Waals surface area contributed by atoms with Gasteiger partial charge in [0.25, 0.3) is 0 Å². The van der Waals surface area contributed by atoms with Gasteiger partial charge in [-0.15, -0.1) is 0 Å². The van der Waals surface area contributed by atoms with Crippen molar-refractivity contribution >= 4 is 5.95 Å². The fourth-order valence-electron chi connectivity index (χ4n) is 2.81. The molecule has 2 rings (SSSR count). The van der Waals surface area contributed by atoms with E-state index < -0.39 is 0 Å². The molecule has 0 spiro atoms. The van der Waals surface area contributed by atoms with Gasteiger partial charge in [0, 0.05) is 17.4 Å². The van der Waals surface area contributed by atoms with E-state index >= 15 is 0 Å². The van der Waals surface area contributed by atoms with Crippen LogP contribution in [-0.2, 0) is 0 Å². The van der Waals surface area contributed by atoms with Crippen LogP contribution in [0.1, 0.15) is 64.3 Å². The van der Waals surface area contributed by atoms with Gasteiger partial charge in [-0.05, 0) is 50.0 Å². The highest BCUT2D eigenvalue weighted by Gasteiger charge is 2.25. The van der Waals surface area contributed by atoms with Gasteiger partial charge in [-0.25, -0.2) is 9.97 Å². The van der Waals surface area contributed by atoms with E-state index in [4.69, 9.17) is 0 Å². The molecule has 3 atom stereocenters. The van der Waals surface area contributed by atoms with Crippen molar-refractivity contribution in [3.63, 3.8) is 0 Å². The van der Waals surface area contributed by atoms with E-state index in [1.54, 1.807) is 0 Å². The summed E-state index contributed by atoms with van der Waals surface area (Å²) in [5.41, 5.74) is 2.19. The van der Waals surface area contributed by atoms with Crippen LogP contribution in [0.3, 0.4) is 0 Å². The first-order chi connectivity index (χ1) is 8.95. The predicted molar refractivity (Wildman–Crippen MR) is 80.4 cm³/mol. The fourth-order valence-corrected chi connectivity index (χ4v) is 2.81. The molecule has 3 heteroatoms. The zero-order valence-corrected chi connectivity index (χ0v) is 12.9. The molecule has 0 aromatic carbocycles. The average Bonchev–Trinajstić information content (AvgIpc) is 2.33. The van der Waals surface area contributed by atoms with Gasteiger partial charge in [0.2, 0.25) is 5.95 Å². The van der Waals surface area contributed by atoms with Crippen molar-refractivity contribution in [3.8, 4) is 0 Å². The van der Waals surface area contributed by atoms with Gasteiger partial charge in [-0.2, -0.15) is 0 Å². The van der Waals surface area contributed by atoms with Crippen LogP contribution in [0, 0.1) is 18.8 Å². The largest absolute Gasteiger partial charge is 0.351 e. The molecule has 0 bridgehead atoms. The third-order valence-electron chi connectivity index (χ3n) is 4.40. The molecule has 0 amide bonds. The van der Waals surface area contributed by atoms with Crippen LogP contribution in [-0.4, -0.2) is 16.0 Å². The van der Waals surface area contributed by atoms with Crippen molar-refractivity contribution in [2.24, 2.45) is 11.8 Å². The van der Waals surface area contributed by atoms with Gasteiger partial charge in [-0.3, -0.25) is 0 Å². The SMILES string of the molecule is Cc1cc(C(C)C)nc(NC2CCC(C)C(C)C2)n1. The minimum absolute atomic E-state index is 0.451. The lowest BCUT2D eigenvalue weighted by molar-refractivity contribution is 0.260. The normalized spacial score (nSPS) is 27.6. The Balaban J connectivity index is 2.07. The third kappa shape index (κ3) is 3.68. The lowest BCUT2D eigenvalue weighted by Crippen LogP contribution is -2.31. The van der Waals surface area contributed by atoms with Crippen LogP contribution in [0.25, 0.3) is 0 Å². The highest BCUT2D eigenvalue weighted by Crippen LogP contribution is 2.30. The van der Waals surface area contributed by atoms with Gasteiger partial charge in [-0.1, -0.05) is 27.7 Å². The molecular weight excluding hydrogens is 234 g/mol. The summed E-state index contributed by atoms with van der Waals surface area (Å²) in [5.74, 6) is 2.91. The van der Waals surface area contributed by atoms with Crippen LogP contribution >= 0.6 is 0 Å². The van der Waals surface area contributed by atoms with E-state index in [0.717, 1.165) is 29.2 Å². The molecule has 0 aliphatic heterocycles. The Labute approximate surface area is 117 Å². The zero-order valence-electron chi connectivity index (χ0n) is 12.9. The summed E-state index contributed by atoms with van der Waals surface area (Å²) in [6.07, 6.45) is 3.77. The molecule has 3 unspecified atom stereocenters. The molecule has 19 heavy (non-hydrogen) atoms. The summed E-state index contributed by atoms with van der Waals surface area (Å²) in [7, 11) is 0. The average molecular weight is 261 g/mol. The highest BCUT2D eigenvalue weighted by molar-refractivity contribution is 5.30. The second-order valence-corrected chi connectivity index (χ2v) is 6.52. The molecule has 0 saturated heterocycles. The summed E-state index contributed by atoms with van der Waals surface area (Å²) in [6.45, 7) is 11.1. The van der Waals surface area contributed by atoms with Gasteiger partial charge in [0.05, 0.1) is 0 Å². The lowest BCUT2D eigenvalue weighted by atomic mass is 9.79. The molecule has 1 aliphatic carbocycles. The van der Waals surface area contributed by atoms with E-state index in [9.17, 15) is 0 Å². The summed E-state index contributed by atoms with van der Waals surface area (Å²) < 4.78 is 0. The minimum atomic E-state index is 0.451. The fraction of sp³-hybridized carbons (Fsp3) is 0.750. The number of aromatic nitrogens is 2. The second-order valence-electron chi connectivity index (χ2n) is 6.52. The maximum absolute atomic E-state index is 4.65. The smallest absolute Gasteiger partial charge is 0.223 e. The summed E-state index contributed by atoms with van der Waals surface area (Å²) >= 11 is 0. The van der Waals surface area contributed by atoms with Crippen molar-refractivity contribution in [1.29, 1.82) is 0 Å². The Morgan fingerprint density at radius 3 is 2.53 bits per heavy atom. The molecule has 1 fully saturated rings. The number of rotatable bonds is 3. The van der Waals surface area contributed by atoms with Crippen molar-refractivity contribution in [1.82, 2.24) is 9.97 Å². The van der Waals surface area contributed by atoms with Crippen LogP contribution in [0.15, 0.2) is 6.07 Å². The van der Waals surface area contributed by atoms with Crippen molar-refractivity contribution in [2.75, 3.05) is 5.32 Å². The zero-order chi connectivity index (χ0) is 14.0. The Kier molecular flexibility index (Phi) is 4.43. The highest BCUT2D eigenvalue weighted by atomic mass is 15.1. The Morgan fingerprint density at radius 1 is 1.16 bits per heavy atom. The van der Waals surface area contributed by atoms with E-state index in [1.807, 2.05) is 6.92 Å². The van der Waals surface area contributed by atoms with Crippen molar-refractivity contribution in [2.45, 2.75) is 65.8 Å². The van der Waals surface area contributed by atoms with E-state index in [2.05, 4.69) is 49.0 Å². The molecule has 1 saturated carbocycles. The van der Waals surface area contributed by atoms with Crippen LogP contribution in [0.2, 0.25) is 0 Å². The summed E-state index contributed by atoms with van der Waals surface area (Å²) in [5, 5.41) is 3.55. The molecule has 1 aromatic rings. The first-order valence-corrected chi connectivity index (χ1v) is 7.57. The van der Waals surface area contributed by atoms with Gasteiger partial charge < -0.3 is 5.32 Å². The first kappa shape index (κ1) is 14.3. The predicted octanol–water partition coefficient (Wildman–Crippen LogP) is 4.15. The maximum Gasteiger partial charge on any atom is 0.223 e. The monoisotopic (exact) mass is 261 g/mol. The van der Waals surface area contributed by atoms with Gasteiger partial charge in [0.15, 0.2) is 0 Å². The maximum atomic E-state index is 4.65. The Hall–Kier alpha value is -1.12. The number of aryl methyl sites for hydroxylation is 1. The van der Waals surface area contributed by atoms with E-state index in [0.29, 0.717) is 12.0 Å². The second kappa shape index (κ2) is 5.89. The Bertz CT molecular complexity index is 428. The molecule has 0 radical (unpaired) electrons. The van der Waals surface area contributed by atoms with Gasteiger partial charge in [0.1, 0.15) is 0 Å². The standard InChI is InChI=1S/C16H27N3/c1-10(2)15-9-13(5)17-16(19-15)18-14-7-6-11(3)12(4)8-14/h9-12,14H,6-8H2,1-5H3,(H,17,18,19). The Morgan fingerprint density at radius 2 is 1.89 bits per heavy atom. The van der Waals surface area contributed by atoms with Gasteiger partial charge >= 0.3 is 0 Å². The number of nitrogens with one attached hydrogen (secondary N) is 1. The lowest BCUT2D eigenvalue weighted by Gasteiger charge is -2.32. The molecule has 1 heterocycles. The van der Waals surface area contributed by atoms with Crippen LogP contribution in [0.5, 0.6) is 0 Å². The quantitative estimate of drug-likeness (QED) is 0.888. The number of anilines is 1. The molecule has 106 valence electrons. The van der Waals surface area contributed by atoms with Crippen molar-refractivity contribution < 1.29 is 0 Å². The minimum Gasteiger partial charge on any atom is -0.351 e. The number of nitrogens with zero attached hydrogens (tertiary/aromatic N) is 2. The summed E-state index contributed by atoms with van der Waals surface area (Å²) in [6, 6.07) is 2.62. The van der Waals surface area contributed by atoms with E-state index in [-0.39, 0.29) is 0 Å². The van der Waals surface area contributed by atoms with E-state index in [1.165, 1.54) is 19.3 Å². The topological polar surface area (TPSA) is 37.8 Å². The first-order valence-electron chi connectivity index (χ1n) is 7.57. The molecule has 1 N–H and O–H groups in total. The van der Waals surface area contributed by atoms with Crippen LogP contribution in [0.4, 0.5) is 5.95 Å². The summed E-state index contributed by atoms with van der Waals surface area (Å²) in [4.78, 5) is 9.18. The van der Waals surface area contributed by atoms with Crippen molar-refractivity contribution in [3.05, 3.63) is 17.5 Å². The third-order valence-corrected chi connectivity index (χ3v) is 4.40. The number of hydrogen-bond acceptors (Lipinski definition) is 3. The molecule has 1 aliphatic rings. The number of hydrogen-bond donors (Lipinski definition) is 1. The molecular formula is C16H27N3.